The van der Waals surface area contributed by atoms with Gasteiger partial charge >= 0.3 is 0 Å². The van der Waals surface area contributed by atoms with Gasteiger partial charge in [-0.15, -0.1) is 0 Å². The minimum atomic E-state index is -3.67. The van der Waals surface area contributed by atoms with E-state index < -0.39 is 10.0 Å². The zero-order chi connectivity index (χ0) is 17.3. The summed E-state index contributed by atoms with van der Waals surface area (Å²) in [4.78, 5) is 13.8. The molecule has 0 unspecified atom stereocenters. The zero-order valence-electron chi connectivity index (χ0n) is 13.7. The van der Waals surface area contributed by atoms with Crippen molar-refractivity contribution < 1.29 is 13.2 Å². The van der Waals surface area contributed by atoms with Crippen LogP contribution in [0.1, 0.15) is 24.0 Å². The topological polar surface area (TPSA) is 66.5 Å². The van der Waals surface area contributed by atoms with Gasteiger partial charge in [0.2, 0.25) is 5.91 Å². The number of rotatable bonds is 4. The Morgan fingerprint density at radius 1 is 1.08 bits per heavy atom. The molecule has 2 aromatic carbocycles. The van der Waals surface area contributed by atoms with Crippen molar-refractivity contribution in [2.45, 2.75) is 31.6 Å². The Bertz CT molecular complexity index is 891. The quantitative estimate of drug-likeness (QED) is 0.926. The summed E-state index contributed by atoms with van der Waals surface area (Å²) in [6.45, 7) is 4.35. The Labute approximate surface area is 142 Å². The van der Waals surface area contributed by atoms with Crippen LogP contribution in [-0.2, 0) is 14.8 Å². The Morgan fingerprint density at radius 3 is 2.54 bits per heavy atom. The summed E-state index contributed by atoms with van der Waals surface area (Å²) < 4.78 is 28.0. The molecule has 1 saturated heterocycles. The molecule has 1 fully saturated rings. The van der Waals surface area contributed by atoms with Crippen molar-refractivity contribution in [3.05, 3.63) is 53.6 Å². The van der Waals surface area contributed by atoms with E-state index in [4.69, 9.17) is 0 Å². The summed E-state index contributed by atoms with van der Waals surface area (Å²) in [5.41, 5.74) is 2.83. The van der Waals surface area contributed by atoms with Gasteiger partial charge < -0.3 is 4.90 Å². The molecule has 0 saturated carbocycles. The minimum absolute atomic E-state index is 0.0736. The van der Waals surface area contributed by atoms with Gasteiger partial charge in [0, 0.05) is 18.7 Å². The van der Waals surface area contributed by atoms with Gasteiger partial charge in [0.1, 0.15) is 0 Å². The van der Waals surface area contributed by atoms with Gasteiger partial charge in [-0.25, -0.2) is 8.42 Å². The monoisotopic (exact) mass is 344 g/mol. The fourth-order valence-corrected chi connectivity index (χ4v) is 4.25. The highest BCUT2D eigenvalue weighted by Gasteiger charge is 2.23. The van der Waals surface area contributed by atoms with Crippen molar-refractivity contribution in [2.75, 3.05) is 16.2 Å². The first kappa shape index (κ1) is 16.5. The molecule has 3 rings (SSSR count). The molecule has 0 bridgehead atoms. The highest BCUT2D eigenvalue weighted by atomic mass is 32.2. The number of carbonyl (C=O) groups is 1. The fraction of sp³-hybridized carbons (Fsp3) is 0.278. The normalized spacial score (nSPS) is 14.9. The number of sulfonamides is 1. The van der Waals surface area contributed by atoms with Crippen LogP contribution in [0.3, 0.4) is 0 Å². The lowest BCUT2D eigenvalue weighted by molar-refractivity contribution is -0.117. The Kier molecular flexibility index (Phi) is 4.32. The second-order valence-corrected chi connectivity index (χ2v) is 7.65. The average Bonchev–Trinajstić information content (AvgIpc) is 2.96. The van der Waals surface area contributed by atoms with Crippen LogP contribution in [0.4, 0.5) is 11.4 Å². The van der Waals surface area contributed by atoms with E-state index in [2.05, 4.69) is 4.72 Å². The number of nitrogens with one attached hydrogen (secondary N) is 1. The molecule has 0 atom stereocenters. The molecule has 1 amide bonds. The van der Waals surface area contributed by atoms with Crippen LogP contribution in [0.2, 0.25) is 0 Å². The van der Waals surface area contributed by atoms with Gasteiger partial charge in [-0.3, -0.25) is 9.52 Å². The van der Waals surface area contributed by atoms with Gasteiger partial charge in [0.05, 0.1) is 10.6 Å². The number of hydrogen-bond donors (Lipinski definition) is 1. The van der Waals surface area contributed by atoms with Crippen LogP contribution >= 0.6 is 0 Å². The molecule has 1 aliphatic rings. The summed E-state index contributed by atoms with van der Waals surface area (Å²) in [5.74, 6) is 0.0736. The molecular formula is C18H20N2O3S. The maximum atomic E-state index is 12.7. The highest BCUT2D eigenvalue weighted by Crippen LogP contribution is 2.26. The Morgan fingerprint density at radius 2 is 1.83 bits per heavy atom. The van der Waals surface area contributed by atoms with Gasteiger partial charge in [0.25, 0.3) is 10.0 Å². The molecule has 1 N–H and O–H groups in total. The summed E-state index contributed by atoms with van der Waals surface area (Å²) in [6.07, 6.45) is 1.37. The first-order chi connectivity index (χ1) is 11.4. The van der Waals surface area contributed by atoms with Crippen LogP contribution < -0.4 is 9.62 Å². The third-order valence-electron chi connectivity index (χ3n) is 4.33. The molecule has 126 valence electrons. The number of amides is 1. The maximum Gasteiger partial charge on any atom is 0.262 e. The zero-order valence-corrected chi connectivity index (χ0v) is 14.6. The van der Waals surface area contributed by atoms with Crippen LogP contribution in [0.25, 0.3) is 0 Å². The van der Waals surface area contributed by atoms with Gasteiger partial charge in [-0.2, -0.15) is 0 Å². The predicted octanol–water partition coefficient (Wildman–Crippen LogP) is 3.23. The van der Waals surface area contributed by atoms with Crippen molar-refractivity contribution >= 4 is 27.3 Å². The first-order valence-corrected chi connectivity index (χ1v) is 9.36. The fourth-order valence-electron chi connectivity index (χ4n) is 2.88. The SMILES string of the molecule is Cc1cccc(S(=O)(=O)Nc2cccc(N3CCCC3=O)c2)c1C. The van der Waals surface area contributed by atoms with E-state index in [0.717, 1.165) is 23.2 Å². The summed E-state index contributed by atoms with van der Waals surface area (Å²) in [6, 6.07) is 12.2. The molecule has 1 aliphatic heterocycles. The van der Waals surface area contributed by atoms with Crippen LogP contribution in [0, 0.1) is 13.8 Å². The first-order valence-electron chi connectivity index (χ1n) is 7.88. The number of hydrogen-bond acceptors (Lipinski definition) is 3. The third kappa shape index (κ3) is 3.14. The molecule has 0 aliphatic carbocycles. The second kappa shape index (κ2) is 6.28. The van der Waals surface area contributed by atoms with Crippen LogP contribution in [-0.4, -0.2) is 20.9 Å². The number of anilines is 2. The largest absolute Gasteiger partial charge is 0.312 e. The lowest BCUT2D eigenvalue weighted by atomic mass is 10.1. The molecule has 6 heteroatoms. The number of benzene rings is 2. The molecule has 2 aromatic rings. The van der Waals surface area contributed by atoms with Crippen LogP contribution in [0.15, 0.2) is 47.4 Å². The molecule has 5 nitrogen and oxygen atoms in total. The van der Waals surface area contributed by atoms with E-state index in [9.17, 15) is 13.2 Å². The standard InChI is InChI=1S/C18H20N2O3S/c1-13-6-3-9-17(14(13)2)24(22,23)19-15-7-4-8-16(12-15)20-11-5-10-18(20)21/h3-4,6-9,12,19H,5,10-11H2,1-2H3. The predicted molar refractivity (Wildman–Crippen MR) is 94.8 cm³/mol. The lowest BCUT2D eigenvalue weighted by Crippen LogP contribution is -2.23. The maximum absolute atomic E-state index is 12.7. The van der Waals surface area contributed by atoms with Crippen molar-refractivity contribution in [3.8, 4) is 0 Å². The minimum Gasteiger partial charge on any atom is -0.312 e. The van der Waals surface area contributed by atoms with E-state index in [1.807, 2.05) is 19.1 Å². The average molecular weight is 344 g/mol. The van der Waals surface area contributed by atoms with Crippen LogP contribution in [0.5, 0.6) is 0 Å². The lowest BCUT2D eigenvalue weighted by Gasteiger charge is -2.17. The van der Waals surface area contributed by atoms with E-state index in [-0.39, 0.29) is 10.8 Å². The number of aryl methyl sites for hydroxylation is 1. The van der Waals surface area contributed by atoms with Gasteiger partial charge in [-0.1, -0.05) is 18.2 Å². The molecule has 0 radical (unpaired) electrons. The molecule has 24 heavy (non-hydrogen) atoms. The molecular weight excluding hydrogens is 324 g/mol. The molecule has 0 aromatic heterocycles. The second-order valence-electron chi connectivity index (χ2n) is 6.00. The summed E-state index contributed by atoms with van der Waals surface area (Å²) in [7, 11) is -3.67. The third-order valence-corrected chi connectivity index (χ3v) is 5.85. The van der Waals surface area contributed by atoms with E-state index in [1.54, 1.807) is 42.2 Å². The molecule has 0 spiro atoms. The van der Waals surface area contributed by atoms with Crippen molar-refractivity contribution in [1.29, 1.82) is 0 Å². The molecule has 1 heterocycles. The number of nitrogens with zero attached hydrogens (tertiary/aromatic N) is 1. The summed E-state index contributed by atoms with van der Waals surface area (Å²) in [5, 5.41) is 0. The van der Waals surface area contributed by atoms with Crippen molar-refractivity contribution in [3.63, 3.8) is 0 Å². The highest BCUT2D eigenvalue weighted by molar-refractivity contribution is 7.92. The van der Waals surface area contributed by atoms with E-state index in [0.29, 0.717) is 18.7 Å². The van der Waals surface area contributed by atoms with Crippen molar-refractivity contribution in [1.82, 2.24) is 0 Å². The summed E-state index contributed by atoms with van der Waals surface area (Å²) >= 11 is 0. The Hall–Kier alpha value is -2.34. The smallest absolute Gasteiger partial charge is 0.262 e. The van der Waals surface area contributed by atoms with Gasteiger partial charge in [-0.05, 0) is 55.7 Å². The van der Waals surface area contributed by atoms with E-state index >= 15 is 0 Å². The Balaban J connectivity index is 1.90. The van der Waals surface area contributed by atoms with E-state index in [1.165, 1.54) is 0 Å². The number of carbonyl (C=O) groups excluding carboxylic acids is 1. The van der Waals surface area contributed by atoms with Crippen molar-refractivity contribution in [2.24, 2.45) is 0 Å². The van der Waals surface area contributed by atoms with Gasteiger partial charge in [0.15, 0.2) is 0 Å².